The van der Waals surface area contributed by atoms with Gasteiger partial charge in [0.1, 0.15) is 5.75 Å². The fraction of sp³-hybridized carbons (Fsp3) is 0.471. The van der Waals surface area contributed by atoms with Gasteiger partial charge in [0.25, 0.3) is 0 Å². The largest absolute Gasteiger partial charge is 0.496 e. The zero-order chi connectivity index (χ0) is 16.3. The minimum atomic E-state index is 0.573. The number of aromatic nitrogens is 3. The standard InChI is InChI=1S/C17H25N5O/c1-3-4-7-11-19-17-21-16(13-20-22-17)18-12-10-14-8-5-6-9-15(14)23-2/h5-6,8-9,13H,3-4,7,10-12H2,1-2H3,(H2,18,19,21,22). The van der Waals surface area contributed by atoms with Crippen molar-refractivity contribution in [3.8, 4) is 5.75 Å². The molecule has 0 spiro atoms. The van der Waals surface area contributed by atoms with Crippen molar-refractivity contribution in [1.29, 1.82) is 0 Å². The number of unbranched alkanes of at least 4 members (excludes halogenated alkanes) is 2. The van der Waals surface area contributed by atoms with E-state index in [1.54, 1.807) is 13.3 Å². The first-order valence-electron chi connectivity index (χ1n) is 8.13. The molecule has 1 aromatic heterocycles. The lowest BCUT2D eigenvalue weighted by Gasteiger charge is -2.10. The van der Waals surface area contributed by atoms with Gasteiger partial charge >= 0.3 is 0 Å². The van der Waals surface area contributed by atoms with Gasteiger partial charge in [-0.15, -0.1) is 5.10 Å². The zero-order valence-corrected chi connectivity index (χ0v) is 13.9. The maximum absolute atomic E-state index is 5.36. The van der Waals surface area contributed by atoms with Crippen molar-refractivity contribution in [2.75, 3.05) is 30.8 Å². The van der Waals surface area contributed by atoms with Crippen LogP contribution in [-0.2, 0) is 6.42 Å². The molecular formula is C17H25N5O. The minimum absolute atomic E-state index is 0.573. The lowest BCUT2D eigenvalue weighted by molar-refractivity contribution is 0.410. The summed E-state index contributed by atoms with van der Waals surface area (Å²) in [6.45, 7) is 3.82. The van der Waals surface area contributed by atoms with Gasteiger partial charge in [-0.25, -0.2) is 0 Å². The Labute approximate surface area is 137 Å². The molecule has 0 atom stereocenters. The Hall–Kier alpha value is -2.37. The summed E-state index contributed by atoms with van der Waals surface area (Å²) in [5.41, 5.74) is 1.17. The molecule has 6 nitrogen and oxygen atoms in total. The summed E-state index contributed by atoms with van der Waals surface area (Å²) in [5, 5.41) is 14.5. The van der Waals surface area contributed by atoms with Gasteiger partial charge in [-0.2, -0.15) is 10.1 Å². The second-order valence-electron chi connectivity index (χ2n) is 5.29. The first-order valence-corrected chi connectivity index (χ1v) is 8.13. The predicted octanol–water partition coefficient (Wildman–Crippen LogP) is 3.14. The molecule has 0 unspecified atom stereocenters. The van der Waals surface area contributed by atoms with E-state index >= 15 is 0 Å². The van der Waals surface area contributed by atoms with Crippen LogP contribution in [0.25, 0.3) is 0 Å². The third-order valence-electron chi connectivity index (χ3n) is 3.52. The lowest BCUT2D eigenvalue weighted by atomic mass is 10.1. The highest BCUT2D eigenvalue weighted by molar-refractivity contribution is 5.38. The van der Waals surface area contributed by atoms with Gasteiger partial charge in [-0.05, 0) is 24.5 Å². The van der Waals surface area contributed by atoms with E-state index in [1.165, 1.54) is 18.4 Å². The molecule has 2 rings (SSSR count). The Morgan fingerprint density at radius 3 is 2.78 bits per heavy atom. The molecule has 0 aliphatic heterocycles. The molecule has 2 aromatic rings. The number of hydrogen-bond acceptors (Lipinski definition) is 6. The number of nitrogens with one attached hydrogen (secondary N) is 2. The van der Waals surface area contributed by atoms with E-state index in [2.05, 4.69) is 38.8 Å². The van der Waals surface area contributed by atoms with E-state index in [0.717, 1.165) is 37.5 Å². The van der Waals surface area contributed by atoms with Crippen molar-refractivity contribution in [3.05, 3.63) is 36.0 Å². The molecule has 1 heterocycles. The van der Waals surface area contributed by atoms with Gasteiger partial charge in [0, 0.05) is 13.1 Å². The van der Waals surface area contributed by atoms with E-state index < -0.39 is 0 Å². The molecule has 0 saturated heterocycles. The molecule has 0 bridgehead atoms. The number of benzene rings is 1. The van der Waals surface area contributed by atoms with Crippen LogP contribution in [0.2, 0.25) is 0 Å². The van der Waals surface area contributed by atoms with Crippen LogP contribution >= 0.6 is 0 Å². The summed E-state index contributed by atoms with van der Waals surface area (Å²) in [5.74, 6) is 2.21. The van der Waals surface area contributed by atoms with Crippen molar-refractivity contribution >= 4 is 11.8 Å². The number of rotatable bonds is 10. The Morgan fingerprint density at radius 2 is 1.96 bits per heavy atom. The maximum atomic E-state index is 5.36. The first-order chi connectivity index (χ1) is 11.3. The Balaban J connectivity index is 1.81. The number of para-hydroxylation sites is 1. The summed E-state index contributed by atoms with van der Waals surface area (Å²) in [6, 6.07) is 8.03. The molecule has 0 aliphatic carbocycles. The Bertz CT molecular complexity index is 591. The molecule has 0 saturated carbocycles. The molecule has 0 fully saturated rings. The monoisotopic (exact) mass is 315 g/mol. The van der Waals surface area contributed by atoms with Crippen molar-refractivity contribution in [2.45, 2.75) is 32.6 Å². The van der Waals surface area contributed by atoms with Crippen LogP contribution in [0.15, 0.2) is 30.5 Å². The molecular weight excluding hydrogens is 290 g/mol. The topological polar surface area (TPSA) is 72.0 Å². The molecule has 23 heavy (non-hydrogen) atoms. The molecule has 0 amide bonds. The average molecular weight is 315 g/mol. The molecule has 0 radical (unpaired) electrons. The normalized spacial score (nSPS) is 10.3. The second kappa shape index (κ2) is 9.61. The predicted molar refractivity (Wildman–Crippen MR) is 93.0 cm³/mol. The van der Waals surface area contributed by atoms with Crippen LogP contribution in [0.4, 0.5) is 11.8 Å². The second-order valence-corrected chi connectivity index (χ2v) is 5.29. The molecule has 6 heteroatoms. The molecule has 0 aliphatic rings. The average Bonchev–Trinajstić information content (AvgIpc) is 2.60. The van der Waals surface area contributed by atoms with E-state index in [-0.39, 0.29) is 0 Å². The highest BCUT2D eigenvalue weighted by Gasteiger charge is 2.03. The first kappa shape index (κ1) is 17.0. The highest BCUT2D eigenvalue weighted by Crippen LogP contribution is 2.17. The van der Waals surface area contributed by atoms with E-state index in [0.29, 0.717) is 5.95 Å². The SMILES string of the molecule is CCCCCNc1nncc(NCCc2ccccc2OC)n1. The van der Waals surface area contributed by atoms with E-state index in [9.17, 15) is 0 Å². The van der Waals surface area contributed by atoms with Crippen LogP contribution in [0.3, 0.4) is 0 Å². The number of nitrogens with zero attached hydrogens (tertiary/aromatic N) is 3. The van der Waals surface area contributed by atoms with Gasteiger partial charge in [0.05, 0.1) is 13.3 Å². The summed E-state index contributed by atoms with van der Waals surface area (Å²) in [7, 11) is 1.69. The van der Waals surface area contributed by atoms with Gasteiger partial charge < -0.3 is 15.4 Å². The highest BCUT2D eigenvalue weighted by atomic mass is 16.5. The molecule has 124 valence electrons. The number of methoxy groups -OCH3 is 1. The molecule has 2 N–H and O–H groups in total. The fourth-order valence-electron chi connectivity index (χ4n) is 2.27. The van der Waals surface area contributed by atoms with Gasteiger partial charge in [-0.3, -0.25) is 0 Å². The van der Waals surface area contributed by atoms with Crippen LogP contribution < -0.4 is 15.4 Å². The summed E-state index contributed by atoms with van der Waals surface area (Å²) < 4.78 is 5.36. The summed E-state index contributed by atoms with van der Waals surface area (Å²) >= 11 is 0. The van der Waals surface area contributed by atoms with Gasteiger partial charge in [-0.1, -0.05) is 38.0 Å². The third kappa shape index (κ3) is 5.73. The van der Waals surface area contributed by atoms with Crippen molar-refractivity contribution in [3.63, 3.8) is 0 Å². The van der Waals surface area contributed by atoms with Crippen molar-refractivity contribution in [1.82, 2.24) is 15.2 Å². The van der Waals surface area contributed by atoms with Crippen molar-refractivity contribution < 1.29 is 4.74 Å². The summed E-state index contributed by atoms with van der Waals surface area (Å²) in [4.78, 5) is 4.42. The van der Waals surface area contributed by atoms with Crippen LogP contribution in [0.1, 0.15) is 31.7 Å². The number of anilines is 2. The van der Waals surface area contributed by atoms with Gasteiger partial charge in [0.15, 0.2) is 5.82 Å². The van der Waals surface area contributed by atoms with Crippen molar-refractivity contribution in [2.24, 2.45) is 0 Å². The smallest absolute Gasteiger partial charge is 0.244 e. The Morgan fingerprint density at radius 1 is 1.09 bits per heavy atom. The van der Waals surface area contributed by atoms with Gasteiger partial charge in [0.2, 0.25) is 5.95 Å². The van der Waals surface area contributed by atoms with Crippen LogP contribution in [0, 0.1) is 0 Å². The van der Waals surface area contributed by atoms with Crippen LogP contribution in [0.5, 0.6) is 5.75 Å². The minimum Gasteiger partial charge on any atom is -0.496 e. The quantitative estimate of drug-likeness (QED) is 0.656. The van der Waals surface area contributed by atoms with Crippen LogP contribution in [-0.4, -0.2) is 35.4 Å². The van der Waals surface area contributed by atoms with E-state index in [1.807, 2.05) is 18.2 Å². The van der Waals surface area contributed by atoms with E-state index in [4.69, 9.17) is 4.74 Å². The third-order valence-corrected chi connectivity index (χ3v) is 3.52. The number of ether oxygens (including phenoxy) is 1. The molecule has 1 aromatic carbocycles. The Kier molecular flexibility index (Phi) is 7.10. The number of hydrogen-bond donors (Lipinski definition) is 2. The zero-order valence-electron chi connectivity index (χ0n) is 13.9. The lowest BCUT2D eigenvalue weighted by Crippen LogP contribution is -2.11. The maximum Gasteiger partial charge on any atom is 0.244 e. The fourth-order valence-corrected chi connectivity index (χ4v) is 2.27. The summed E-state index contributed by atoms with van der Waals surface area (Å²) in [6.07, 6.45) is 6.01.